The van der Waals surface area contributed by atoms with Gasteiger partial charge in [-0.15, -0.1) is 0 Å². The van der Waals surface area contributed by atoms with Crippen molar-refractivity contribution < 1.29 is 14.3 Å². The van der Waals surface area contributed by atoms with Gasteiger partial charge in [0, 0.05) is 13.0 Å². The number of rotatable bonds is 2. The largest absolute Gasteiger partial charge is 0.497 e. The third-order valence-corrected chi connectivity index (χ3v) is 5.12. The number of carbonyl (C=O) groups excluding carboxylic acids is 1. The van der Waals surface area contributed by atoms with Gasteiger partial charge in [-0.2, -0.15) is 0 Å². The molecule has 0 amide bonds. The summed E-state index contributed by atoms with van der Waals surface area (Å²) in [6.07, 6.45) is 4.22. The van der Waals surface area contributed by atoms with Gasteiger partial charge < -0.3 is 19.4 Å². The van der Waals surface area contributed by atoms with Crippen LogP contribution in [0.25, 0.3) is 11.2 Å². The average Bonchev–Trinajstić information content (AvgIpc) is 3.28. The first-order chi connectivity index (χ1) is 12.7. The summed E-state index contributed by atoms with van der Waals surface area (Å²) >= 11 is 0. The predicted molar refractivity (Wildman–Crippen MR) is 93.8 cm³/mol. The molecule has 2 aliphatic heterocycles. The van der Waals surface area contributed by atoms with Crippen molar-refractivity contribution in [1.82, 2.24) is 19.9 Å². The molecule has 5 rings (SSSR count). The van der Waals surface area contributed by atoms with Crippen molar-refractivity contribution in [3.63, 3.8) is 0 Å². The monoisotopic (exact) mass is 351 g/mol. The molecule has 2 aliphatic rings. The second kappa shape index (κ2) is 5.42. The number of hydrogen-bond acceptors (Lipinski definition) is 7. The summed E-state index contributed by atoms with van der Waals surface area (Å²) < 4.78 is 11.5. The Labute approximate surface area is 149 Å². The number of nitrogens with zero attached hydrogens (tertiary/aromatic N) is 4. The number of ether oxygens (including phenoxy) is 2. The maximum absolute atomic E-state index is 12.7. The number of hydrogen-bond donors (Lipinski definition) is 1. The zero-order valence-corrected chi connectivity index (χ0v) is 14.2. The fourth-order valence-electron chi connectivity index (χ4n) is 3.85. The molecule has 2 aromatic heterocycles. The second-order valence-corrected chi connectivity index (χ2v) is 6.72. The molecule has 8 nitrogen and oxygen atoms in total. The minimum absolute atomic E-state index is 0.0846. The van der Waals surface area contributed by atoms with Crippen molar-refractivity contribution in [3.8, 4) is 11.5 Å². The van der Waals surface area contributed by atoms with Crippen molar-refractivity contribution in [3.05, 3.63) is 36.4 Å². The molecule has 0 aliphatic carbocycles. The van der Waals surface area contributed by atoms with Crippen LogP contribution in [0.3, 0.4) is 0 Å². The maximum Gasteiger partial charge on any atom is 0.182 e. The fraction of sp³-hybridized carbons (Fsp3) is 0.333. The molecule has 1 atom stereocenters. The minimum Gasteiger partial charge on any atom is -0.497 e. The number of nitrogens with one attached hydrogen (secondary N) is 1. The van der Waals surface area contributed by atoms with Crippen LogP contribution < -0.4 is 14.4 Å². The first kappa shape index (κ1) is 15.1. The summed E-state index contributed by atoms with van der Waals surface area (Å²) in [7, 11) is 1.59. The van der Waals surface area contributed by atoms with Gasteiger partial charge in [0.1, 0.15) is 28.9 Å². The molecule has 1 N–H and O–H groups in total. The Morgan fingerprint density at radius 2 is 2.23 bits per heavy atom. The number of Topliss-reactive ketones (excluding diaryl/α,β-unsaturated/α-hetero) is 1. The van der Waals surface area contributed by atoms with Gasteiger partial charge in [-0.05, 0) is 18.2 Å². The number of benzene rings is 1. The summed E-state index contributed by atoms with van der Waals surface area (Å²) in [4.78, 5) is 30.7. The Balaban J connectivity index is 1.46. The van der Waals surface area contributed by atoms with Gasteiger partial charge in [-0.25, -0.2) is 15.0 Å². The Hall–Kier alpha value is -3.16. The molecule has 132 valence electrons. The third kappa shape index (κ3) is 2.22. The van der Waals surface area contributed by atoms with Crippen LogP contribution >= 0.6 is 0 Å². The second-order valence-electron chi connectivity index (χ2n) is 6.72. The van der Waals surface area contributed by atoms with Crippen molar-refractivity contribution in [2.45, 2.75) is 18.4 Å². The molecule has 0 radical (unpaired) electrons. The van der Waals surface area contributed by atoms with E-state index in [4.69, 9.17) is 9.47 Å². The Bertz CT molecular complexity index is 1020. The molecular weight excluding hydrogens is 334 g/mol. The molecule has 0 bridgehead atoms. The molecule has 0 saturated carbocycles. The van der Waals surface area contributed by atoms with Gasteiger partial charge in [0.25, 0.3) is 0 Å². The third-order valence-electron chi connectivity index (χ3n) is 5.12. The fourth-order valence-corrected chi connectivity index (χ4v) is 3.85. The number of ketones is 1. The van der Waals surface area contributed by atoms with Crippen LogP contribution in [0.1, 0.15) is 23.2 Å². The van der Waals surface area contributed by atoms with Gasteiger partial charge in [0.05, 0.1) is 32.0 Å². The first-order valence-corrected chi connectivity index (χ1v) is 8.47. The van der Waals surface area contributed by atoms with Gasteiger partial charge in [0.15, 0.2) is 17.2 Å². The van der Waals surface area contributed by atoms with Gasteiger partial charge >= 0.3 is 0 Å². The number of fused-ring (bicyclic) bond motifs is 2. The number of imidazole rings is 1. The van der Waals surface area contributed by atoms with E-state index in [1.165, 1.54) is 6.33 Å². The Kier molecular flexibility index (Phi) is 3.15. The number of H-pyrrole nitrogens is 1. The van der Waals surface area contributed by atoms with Crippen LogP contribution in [0.4, 0.5) is 5.82 Å². The lowest BCUT2D eigenvalue weighted by Crippen LogP contribution is -2.44. The summed E-state index contributed by atoms with van der Waals surface area (Å²) in [5, 5.41) is 0. The molecule has 1 aromatic carbocycles. The lowest BCUT2D eigenvalue weighted by molar-refractivity contribution is 0.0537. The smallest absolute Gasteiger partial charge is 0.182 e. The molecule has 1 saturated heterocycles. The van der Waals surface area contributed by atoms with Crippen LogP contribution in [0.15, 0.2) is 30.9 Å². The zero-order chi connectivity index (χ0) is 17.7. The molecule has 1 spiro atoms. The highest BCUT2D eigenvalue weighted by Crippen LogP contribution is 2.41. The van der Waals surface area contributed by atoms with Crippen LogP contribution in [-0.2, 0) is 0 Å². The zero-order valence-electron chi connectivity index (χ0n) is 14.2. The summed E-state index contributed by atoms with van der Waals surface area (Å²) in [6, 6.07) is 5.37. The molecule has 1 fully saturated rings. The predicted octanol–water partition coefficient (Wildman–Crippen LogP) is 1.98. The van der Waals surface area contributed by atoms with E-state index in [-0.39, 0.29) is 5.78 Å². The van der Waals surface area contributed by atoms with Crippen molar-refractivity contribution in [1.29, 1.82) is 0 Å². The molecular formula is C18H17N5O3. The quantitative estimate of drug-likeness (QED) is 0.754. The normalized spacial score (nSPS) is 21.9. The van der Waals surface area contributed by atoms with Crippen molar-refractivity contribution in [2.24, 2.45) is 0 Å². The highest BCUT2D eigenvalue weighted by molar-refractivity contribution is 6.01. The van der Waals surface area contributed by atoms with E-state index in [1.54, 1.807) is 19.5 Å². The number of methoxy groups -OCH3 is 1. The van der Waals surface area contributed by atoms with Crippen LogP contribution in [0.2, 0.25) is 0 Å². The highest BCUT2D eigenvalue weighted by Gasteiger charge is 2.46. The lowest BCUT2D eigenvalue weighted by atomic mass is 9.89. The SMILES string of the molecule is COc1ccc2c(c1)C(=O)CC1(CCN(c3ncnc4nc[nH]c34)C1)O2. The van der Waals surface area contributed by atoms with Gasteiger partial charge in [0.2, 0.25) is 0 Å². The van der Waals surface area contributed by atoms with Gasteiger partial charge in [-0.3, -0.25) is 4.79 Å². The topological polar surface area (TPSA) is 93.2 Å². The number of carbonyl (C=O) groups is 1. The first-order valence-electron chi connectivity index (χ1n) is 8.47. The lowest BCUT2D eigenvalue weighted by Gasteiger charge is -2.34. The molecule has 8 heteroatoms. The Morgan fingerprint density at radius 3 is 3.12 bits per heavy atom. The van der Waals surface area contributed by atoms with Crippen LogP contribution in [-0.4, -0.2) is 51.5 Å². The standard InChI is InChI=1S/C18H17N5O3/c1-25-11-2-3-14-12(6-11)13(24)7-18(26-14)4-5-23(8-18)17-15-16(20-9-19-15)21-10-22-17/h2-3,6,9-10H,4-5,7-8H2,1H3,(H,19,20,21,22). The molecule has 3 aromatic rings. The summed E-state index contributed by atoms with van der Waals surface area (Å²) in [5.41, 5.74) is 1.49. The highest BCUT2D eigenvalue weighted by atomic mass is 16.5. The van der Waals surface area contributed by atoms with Gasteiger partial charge in [-0.1, -0.05) is 0 Å². The van der Waals surface area contributed by atoms with E-state index in [9.17, 15) is 4.79 Å². The Morgan fingerprint density at radius 1 is 1.31 bits per heavy atom. The number of aromatic amines is 1. The number of anilines is 1. The van der Waals surface area contributed by atoms with Crippen molar-refractivity contribution in [2.75, 3.05) is 25.1 Å². The number of aromatic nitrogens is 4. The van der Waals surface area contributed by atoms with Crippen molar-refractivity contribution >= 4 is 22.8 Å². The van der Waals surface area contributed by atoms with Crippen LogP contribution in [0, 0.1) is 0 Å². The van der Waals surface area contributed by atoms with E-state index in [2.05, 4.69) is 24.8 Å². The molecule has 26 heavy (non-hydrogen) atoms. The van der Waals surface area contributed by atoms with E-state index in [0.29, 0.717) is 35.7 Å². The molecule has 4 heterocycles. The minimum atomic E-state index is -0.532. The summed E-state index contributed by atoms with van der Waals surface area (Å²) in [5.74, 6) is 2.16. The van der Waals surface area contributed by atoms with E-state index in [1.807, 2.05) is 12.1 Å². The van der Waals surface area contributed by atoms with E-state index < -0.39 is 5.60 Å². The van der Waals surface area contributed by atoms with Crippen LogP contribution in [0.5, 0.6) is 11.5 Å². The van der Waals surface area contributed by atoms with E-state index >= 15 is 0 Å². The average molecular weight is 351 g/mol. The summed E-state index contributed by atoms with van der Waals surface area (Å²) in [6.45, 7) is 1.35. The maximum atomic E-state index is 12.7. The van der Waals surface area contributed by atoms with E-state index in [0.717, 1.165) is 24.3 Å². The molecule has 1 unspecified atom stereocenters.